The highest BCUT2D eigenvalue weighted by molar-refractivity contribution is 5.67. The van der Waals surface area contributed by atoms with E-state index in [-0.39, 0.29) is 18.0 Å². The van der Waals surface area contributed by atoms with Crippen LogP contribution in [0.3, 0.4) is 0 Å². The van der Waals surface area contributed by atoms with Crippen LogP contribution in [0.4, 0.5) is 10.1 Å². The molecule has 0 spiro atoms. The first kappa shape index (κ1) is 24.3. The van der Waals surface area contributed by atoms with Gasteiger partial charge in [-0.3, -0.25) is 9.80 Å². The van der Waals surface area contributed by atoms with Crippen LogP contribution in [0.1, 0.15) is 49.7 Å². The molecule has 2 aromatic carbocycles. The fourth-order valence-electron chi connectivity index (χ4n) is 3.24. The second kappa shape index (κ2) is 11.5. The van der Waals surface area contributed by atoms with Gasteiger partial charge in [0.15, 0.2) is 0 Å². The summed E-state index contributed by atoms with van der Waals surface area (Å²) in [6.45, 7) is 0. The van der Waals surface area contributed by atoms with Crippen LogP contribution in [0.15, 0.2) is 59.9 Å². The zero-order valence-electron chi connectivity index (χ0n) is 19.0. The van der Waals surface area contributed by atoms with E-state index in [0.717, 1.165) is 24.0 Å². The summed E-state index contributed by atoms with van der Waals surface area (Å²) in [6, 6.07) is 12.0. The van der Waals surface area contributed by atoms with Gasteiger partial charge in [0.25, 0.3) is 0 Å². The Labute approximate surface area is 194 Å². The maximum absolute atomic E-state index is 14.4. The van der Waals surface area contributed by atoms with Crippen molar-refractivity contribution in [3.63, 3.8) is 0 Å². The minimum atomic E-state index is -0.829. The molecule has 0 amide bonds. The summed E-state index contributed by atoms with van der Waals surface area (Å²) in [5.74, 6) is 5.67. The van der Waals surface area contributed by atoms with E-state index in [2.05, 4.69) is 0 Å². The summed E-state index contributed by atoms with van der Waals surface area (Å²) in [5, 5.41) is 10.2. The van der Waals surface area contributed by atoms with Gasteiger partial charge in [-0.15, -0.1) is 0 Å². The van der Waals surface area contributed by atoms with Gasteiger partial charge in [-0.25, -0.2) is 10.2 Å². The quantitative estimate of drug-likeness (QED) is 0.281. The van der Waals surface area contributed by atoms with Crippen LogP contribution in [0.5, 0.6) is 5.75 Å². The van der Waals surface area contributed by atoms with Crippen LogP contribution in [0.25, 0.3) is 6.08 Å². The fourth-order valence-corrected chi connectivity index (χ4v) is 3.24. The van der Waals surface area contributed by atoms with Crippen LogP contribution in [-0.2, 0) is 11.2 Å². The van der Waals surface area contributed by atoms with Crippen molar-refractivity contribution < 1.29 is 19.0 Å². The number of nitrogens with two attached hydrogens (primary N) is 2. The number of benzene rings is 2. The maximum Gasteiger partial charge on any atom is 0.303 e. The molecule has 7 heteroatoms. The molecule has 0 unspecified atom stereocenters. The number of aliphatic carboxylic acids is 1. The zero-order valence-corrected chi connectivity index (χ0v) is 19.0. The molecular weight excluding hydrogens is 421 g/mol. The van der Waals surface area contributed by atoms with Gasteiger partial charge in [0.05, 0.1) is 24.2 Å². The second-order valence-electron chi connectivity index (χ2n) is 8.33. The molecule has 33 heavy (non-hydrogen) atoms. The Kier molecular flexibility index (Phi) is 8.49. The van der Waals surface area contributed by atoms with Gasteiger partial charge in [0, 0.05) is 18.4 Å². The maximum atomic E-state index is 14.4. The van der Waals surface area contributed by atoms with E-state index in [0.29, 0.717) is 23.6 Å². The van der Waals surface area contributed by atoms with Gasteiger partial charge in [-0.2, -0.15) is 0 Å². The molecule has 0 aromatic heterocycles. The summed E-state index contributed by atoms with van der Waals surface area (Å²) < 4.78 is 19.6. The molecule has 0 atom stereocenters. The number of aryl methyl sites for hydroxylation is 1. The molecule has 2 aliphatic rings. The number of allylic oxidation sites excluding steroid dienone is 2. The molecule has 4 rings (SSSR count). The van der Waals surface area contributed by atoms with E-state index in [4.69, 9.17) is 21.4 Å². The minimum absolute atomic E-state index is 0.0786. The van der Waals surface area contributed by atoms with Gasteiger partial charge in [0.1, 0.15) is 11.6 Å². The molecule has 0 bridgehead atoms. The van der Waals surface area contributed by atoms with Crippen molar-refractivity contribution in [1.29, 1.82) is 0 Å². The number of hydrogen-bond donors (Lipinski definition) is 3. The van der Waals surface area contributed by atoms with Gasteiger partial charge >= 0.3 is 5.97 Å². The third-order valence-electron chi connectivity index (χ3n) is 5.32. The second-order valence-corrected chi connectivity index (χ2v) is 8.33. The highest BCUT2D eigenvalue weighted by Crippen LogP contribution is 2.40. The number of rotatable bonds is 9. The number of halogens is 1. The standard InChI is InChI=1S/C23H26FN3O3.C3H6/c1-30-18-9-10-19(24)21(14-18)27(26)23(17-7-8-17)20(25)11-5-15-3-2-4-16(13-15)6-12-22(28)29;1-2-3-1/h2-5,9-11,13-14,17H,6-8,12,25-26H2,1H3,(H,28,29);1-3H2/b11-5+,23-20-;. The highest BCUT2D eigenvalue weighted by Gasteiger charge is 2.32. The molecule has 2 aliphatic carbocycles. The van der Waals surface area contributed by atoms with Crippen molar-refractivity contribution in [2.75, 3.05) is 12.1 Å². The SMILES string of the molecule is C1CC1.COc1ccc(F)c(N(N)/C(=C(N)/C=C/c2cccc(CCC(=O)O)c2)C2CC2)c1. The van der Waals surface area contributed by atoms with Crippen LogP contribution in [0, 0.1) is 11.7 Å². The van der Waals surface area contributed by atoms with Crippen LogP contribution >= 0.6 is 0 Å². The van der Waals surface area contributed by atoms with Crippen LogP contribution < -0.4 is 21.3 Å². The molecule has 2 fully saturated rings. The van der Waals surface area contributed by atoms with E-state index in [9.17, 15) is 9.18 Å². The van der Waals surface area contributed by atoms with Crippen molar-refractivity contribution in [3.05, 3.63) is 76.9 Å². The zero-order chi connectivity index (χ0) is 23.8. The molecule has 2 saturated carbocycles. The third kappa shape index (κ3) is 7.64. The number of nitrogens with zero attached hydrogens (tertiary/aromatic N) is 1. The van der Waals surface area contributed by atoms with E-state index in [1.54, 1.807) is 12.1 Å². The van der Waals surface area contributed by atoms with E-state index in [1.807, 2.05) is 30.3 Å². The Balaban J connectivity index is 0.000000942. The first-order valence-electron chi connectivity index (χ1n) is 11.3. The summed E-state index contributed by atoms with van der Waals surface area (Å²) >= 11 is 0. The Morgan fingerprint density at radius 2 is 1.94 bits per heavy atom. The first-order valence-corrected chi connectivity index (χ1v) is 11.3. The largest absolute Gasteiger partial charge is 0.497 e. The number of methoxy groups -OCH3 is 1. The topological polar surface area (TPSA) is 102 Å². The van der Waals surface area contributed by atoms with E-state index < -0.39 is 11.8 Å². The summed E-state index contributed by atoms with van der Waals surface area (Å²) in [7, 11) is 1.51. The van der Waals surface area contributed by atoms with Crippen LogP contribution in [0.2, 0.25) is 0 Å². The number of carboxylic acid groups (broad SMARTS) is 1. The van der Waals surface area contributed by atoms with Gasteiger partial charge in [-0.1, -0.05) is 49.6 Å². The lowest BCUT2D eigenvalue weighted by molar-refractivity contribution is -0.136. The van der Waals surface area contributed by atoms with Crippen molar-refractivity contribution in [2.45, 2.75) is 44.9 Å². The van der Waals surface area contributed by atoms with E-state index >= 15 is 0 Å². The predicted octanol–water partition coefficient (Wildman–Crippen LogP) is 5.00. The lowest BCUT2D eigenvalue weighted by atomic mass is 10.1. The highest BCUT2D eigenvalue weighted by atomic mass is 19.1. The Morgan fingerprint density at radius 1 is 1.21 bits per heavy atom. The Bertz CT molecular complexity index is 1030. The number of anilines is 1. The molecule has 176 valence electrons. The average Bonchev–Trinajstić information content (AvgIpc) is 3.70. The van der Waals surface area contributed by atoms with Gasteiger partial charge < -0.3 is 15.6 Å². The Morgan fingerprint density at radius 3 is 2.55 bits per heavy atom. The minimum Gasteiger partial charge on any atom is -0.497 e. The van der Waals surface area contributed by atoms with Crippen molar-refractivity contribution >= 4 is 17.7 Å². The predicted molar refractivity (Wildman–Crippen MR) is 129 cm³/mol. The third-order valence-corrected chi connectivity index (χ3v) is 5.32. The number of hydrazine groups is 1. The molecule has 0 aliphatic heterocycles. The van der Waals surface area contributed by atoms with Crippen LogP contribution in [-0.4, -0.2) is 18.2 Å². The fraction of sp³-hybridized carbons (Fsp3) is 0.346. The number of carbonyl (C=O) groups is 1. The molecule has 0 saturated heterocycles. The Hall–Kier alpha value is -3.32. The van der Waals surface area contributed by atoms with E-state index in [1.165, 1.54) is 43.5 Å². The van der Waals surface area contributed by atoms with Crippen molar-refractivity contribution in [1.82, 2.24) is 0 Å². The average molecular weight is 454 g/mol. The lowest BCUT2D eigenvalue weighted by Crippen LogP contribution is -2.34. The number of carboxylic acids is 1. The molecule has 5 N–H and O–H groups in total. The molecule has 6 nitrogen and oxygen atoms in total. The number of ether oxygens (including phenoxy) is 1. The monoisotopic (exact) mass is 453 g/mol. The van der Waals surface area contributed by atoms with Gasteiger partial charge in [-0.05, 0) is 48.6 Å². The molecule has 2 aromatic rings. The molecule has 0 radical (unpaired) electrons. The lowest BCUT2D eigenvalue weighted by Gasteiger charge is -2.24. The normalized spacial score (nSPS) is 15.4. The number of hydrogen-bond acceptors (Lipinski definition) is 5. The first-order chi connectivity index (χ1) is 15.9. The molecule has 0 heterocycles. The summed E-state index contributed by atoms with van der Waals surface area (Å²) in [4.78, 5) is 10.8. The van der Waals surface area contributed by atoms with Crippen molar-refractivity contribution in [3.8, 4) is 5.75 Å². The van der Waals surface area contributed by atoms with Gasteiger partial charge in [0.2, 0.25) is 0 Å². The smallest absolute Gasteiger partial charge is 0.303 e. The van der Waals surface area contributed by atoms with Crippen molar-refractivity contribution in [2.24, 2.45) is 17.5 Å². The summed E-state index contributed by atoms with van der Waals surface area (Å²) in [5.41, 5.74) is 9.49. The molecular formula is C26H32FN3O3. The summed E-state index contributed by atoms with van der Waals surface area (Å²) in [6.07, 6.45) is 10.5.